The maximum absolute atomic E-state index is 10.5. The molecule has 88 valence electrons. The largest absolute Gasteiger partial charge is 0.383 e. The molecule has 0 radical (unpaired) electrons. The molecule has 16 heavy (non-hydrogen) atoms. The van der Waals surface area contributed by atoms with E-state index in [4.69, 9.17) is 9.57 Å². The molecule has 6 nitrogen and oxygen atoms in total. The van der Waals surface area contributed by atoms with E-state index < -0.39 is 0 Å². The number of nitroso groups, excluding NO2 is 1. The second-order valence-electron chi connectivity index (χ2n) is 3.09. The van der Waals surface area contributed by atoms with E-state index in [9.17, 15) is 4.91 Å². The molecule has 0 spiro atoms. The number of rotatable bonds is 7. The van der Waals surface area contributed by atoms with E-state index in [1.165, 1.54) is 7.11 Å². The minimum Gasteiger partial charge on any atom is -0.383 e. The van der Waals surface area contributed by atoms with Crippen molar-refractivity contribution >= 4 is 17.1 Å². The molecule has 0 saturated carbocycles. The summed E-state index contributed by atoms with van der Waals surface area (Å²) in [7, 11) is 3.15. The van der Waals surface area contributed by atoms with Gasteiger partial charge in [0.25, 0.3) is 5.69 Å². The first-order chi connectivity index (χ1) is 7.81. The van der Waals surface area contributed by atoms with Crippen molar-refractivity contribution in [1.82, 2.24) is 0 Å². The number of ether oxygens (including phenoxy) is 1. The molecule has 3 N–H and O–H groups in total. The summed E-state index contributed by atoms with van der Waals surface area (Å²) in [4.78, 5) is 15.3. The van der Waals surface area contributed by atoms with Gasteiger partial charge in [0.1, 0.15) is 0 Å². The fourth-order valence-corrected chi connectivity index (χ4v) is 1.24. The van der Waals surface area contributed by atoms with Crippen LogP contribution in [-0.4, -0.2) is 27.4 Å². The first kappa shape index (κ1) is 12.4. The van der Waals surface area contributed by atoms with Crippen LogP contribution in [0.3, 0.4) is 0 Å². The van der Waals surface area contributed by atoms with Gasteiger partial charge in [0.05, 0.1) is 25.1 Å². The Morgan fingerprint density at radius 3 is 2.75 bits per heavy atom. The Labute approximate surface area is 93.9 Å². The summed E-state index contributed by atoms with van der Waals surface area (Å²) >= 11 is 0. The monoisotopic (exact) mass is 226 g/mol. The smallest absolute Gasteiger partial charge is 0.255 e. The van der Waals surface area contributed by atoms with Crippen molar-refractivity contribution < 1.29 is 14.8 Å². The fraction of sp³-hybridized carbons (Fsp3) is 0.400. The highest BCUT2D eigenvalue weighted by Crippen LogP contribution is 2.23. The maximum Gasteiger partial charge on any atom is 0.255 e. The molecule has 0 aliphatic rings. The van der Waals surface area contributed by atoms with E-state index in [0.717, 1.165) is 5.69 Å². The SMILES string of the molecule is COCCNc1ccc([NH+]=O)cc1NOC. The third-order valence-electron chi connectivity index (χ3n) is 1.97. The molecule has 6 heteroatoms. The number of anilines is 2. The minimum atomic E-state index is 0.469. The molecule has 1 rings (SSSR count). The van der Waals surface area contributed by atoms with E-state index in [1.54, 1.807) is 25.3 Å². The van der Waals surface area contributed by atoms with Crippen molar-refractivity contribution in [2.45, 2.75) is 0 Å². The second-order valence-corrected chi connectivity index (χ2v) is 3.09. The third kappa shape index (κ3) is 3.48. The summed E-state index contributed by atoms with van der Waals surface area (Å²) in [5, 5.41) is 4.98. The predicted molar refractivity (Wildman–Crippen MR) is 61.4 cm³/mol. The predicted octanol–water partition coefficient (Wildman–Crippen LogP) is 0.197. The Bertz CT molecular complexity index is 344. The van der Waals surface area contributed by atoms with Gasteiger partial charge in [0, 0.05) is 35.9 Å². The first-order valence-electron chi connectivity index (χ1n) is 4.86. The quantitative estimate of drug-likeness (QED) is 0.457. The molecule has 0 bridgehead atoms. The van der Waals surface area contributed by atoms with Crippen molar-refractivity contribution in [2.24, 2.45) is 0 Å². The Morgan fingerprint density at radius 2 is 2.12 bits per heavy atom. The van der Waals surface area contributed by atoms with Crippen molar-refractivity contribution in [3.8, 4) is 0 Å². The lowest BCUT2D eigenvalue weighted by Crippen LogP contribution is -2.55. The van der Waals surface area contributed by atoms with Crippen LogP contribution in [0.2, 0.25) is 0 Å². The number of benzene rings is 1. The van der Waals surface area contributed by atoms with Crippen LogP contribution in [0.5, 0.6) is 0 Å². The molecule has 0 aliphatic carbocycles. The molecule has 0 unspecified atom stereocenters. The van der Waals surface area contributed by atoms with Crippen LogP contribution in [0.1, 0.15) is 0 Å². The highest BCUT2D eigenvalue weighted by Gasteiger charge is 2.06. The zero-order valence-corrected chi connectivity index (χ0v) is 9.37. The topological polar surface area (TPSA) is 73.6 Å². The van der Waals surface area contributed by atoms with Gasteiger partial charge >= 0.3 is 0 Å². The van der Waals surface area contributed by atoms with Crippen LogP contribution < -0.4 is 16.0 Å². The summed E-state index contributed by atoms with van der Waals surface area (Å²) in [6, 6.07) is 5.13. The van der Waals surface area contributed by atoms with E-state index in [0.29, 0.717) is 24.5 Å². The van der Waals surface area contributed by atoms with Crippen LogP contribution in [0, 0.1) is 4.91 Å². The summed E-state index contributed by atoms with van der Waals surface area (Å²) in [5.41, 5.74) is 4.70. The van der Waals surface area contributed by atoms with Crippen LogP contribution in [-0.2, 0) is 9.57 Å². The molecule has 0 aliphatic heterocycles. The lowest BCUT2D eigenvalue weighted by molar-refractivity contribution is -0.379. The molecule has 0 saturated heterocycles. The van der Waals surface area contributed by atoms with Crippen molar-refractivity contribution in [3.05, 3.63) is 23.1 Å². The van der Waals surface area contributed by atoms with Gasteiger partial charge in [0.2, 0.25) is 0 Å². The van der Waals surface area contributed by atoms with Crippen LogP contribution in [0.4, 0.5) is 17.1 Å². The molecular formula is C10H16N3O3+. The summed E-state index contributed by atoms with van der Waals surface area (Å²) in [6.45, 7) is 1.28. The Balaban J connectivity index is 2.76. The second kappa shape index (κ2) is 6.76. The van der Waals surface area contributed by atoms with Crippen molar-refractivity contribution in [1.29, 1.82) is 0 Å². The highest BCUT2D eigenvalue weighted by molar-refractivity contribution is 5.70. The lowest BCUT2D eigenvalue weighted by Gasteiger charge is -2.11. The normalized spacial score (nSPS) is 9.88. The molecule has 1 aromatic carbocycles. The summed E-state index contributed by atoms with van der Waals surface area (Å²) < 4.78 is 4.93. The van der Waals surface area contributed by atoms with Gasteiger partial charge in [-0.05, 0) is 6.07 Å². The van der Waals surface area contributed by atoms with Crippen LogP contribution in [0.15, 0.2) is 18.2 Å². The standard InChI is InChI=1S/C10H15N3O3/c1-15-6-5-11-9-4-3-8(12-14)7-10(9)13-16-2/h3-4,7,11,13H,5-6H2,1-2H3/p+1. The Kier molecular flexibility index (Phi) is 5.24. The summed E-state index contributed by atoms with van der Waals surface area (Å²) in [5.74, 6) is 0. The van der Waals surface area contributed by atoms with Gasteiger partial charge < -0.3 is 10.1 Å². The van der Waals surface area contributed by atoms with Gasteiger partial charge in [-0.2, -0.15) is 0 Å². The molecule has 1 aromatic rings. The number of nitrogens with one attached hydrogen (secondary N) is 3. The summed E-state index contributed by atoms with van der Waals surface area (Å²) in [6.07, 6.45) is 0. The van der Waals surface area contributed by atoms with Gasteiger partial charge in [-0.3, -0.25) is 10.3 Å². The van der Waals surface area contributed by atoms with Crippen LogP contribution in [0.25, 0.3) is 0 Å². The average molecular weight is 226 g/mol. The molecule has 0 amide bonds. The van der Waals surface area contributed by atoms with E-state index in [2.05, 4.69) is 10.8 Å². The number of hydrogen-bond acceptors (Lipinski definition) is 5. The number of hydrogen-bond donors (Lipinski definition) is 3. The molecule has 0 aromatic heterocycles. The van der Waals surface area contributed by atoms with E-state index in [1.807, 2.05) is 5.18 Å². The zero-order valence-electron chi connectivity index (χ0n) is 9.37. The third-order valence-corrected chi connectivity index (χ3v) is 1.97. The van der Waals surface area contributed by atoms with Crippen molar-refractivity contribution in [3.63, 3.8) is 0 Å². The van der Waals surface area contributed by atoms with Crippen molar-refractivity contribution in [2.75, 3.05) is 38.2 Å². The first-order valence-corrected chi connectivity index (χ1v) is 4.86. The fourth-order valence-electron chi connectivity index (χ4n) is 1.24. The molecule has 0 atom stereocenters. The van der Waals surface area contributed by atoms with E-state index in [-0.39, 0.29) is 0 Å². The lowest BCUT2D eigenvalue weighted by atomic mass is 10.2. The highest BCUT2D eigenvalue weighted by atomic mass is 16.6. The van der Waals surface area contributed by atoms with Gasteiger partial charge in [-0.25, -0.2) is 0 Å². The van der Waals surface area contributed by atoms with E-state index >= 15 is 0 Å². The molecule has 0 fully saturated rings. The number of methoxy groups -OCH3 is 1. The molecule has 0 heterocycles. The van der Waals surface area contributed by atoms with Gasteiger partial charge in [-0.1, -0.05) is 0 Å². The Morgan fingerprint density at radius 1 is 1.31 bits per heavy atom. The molecular weight excluding hydrogens is 210 g/mol. The average Bonchev–Trinajstić information content (AvgIpc) is 2.31. The Hall–Kier alpha value is -1.66. The maximum atomic E-state index is 10.5. The zero-order chi connectivity index (χ0) is 11.8. The van der Waals surface area contributed by atoms with Gasteiger partial charge in [0.15, 0.2) is 0 Å². The minimum absolute atomic E-state index is 0.469. The van der Waals surface area contributed by atoms with Crippen LogP contribution >= 0.6 is 0 Å². The van der Waals surface area contributed by atoms with Gasteiger partial charge in [-0.15, -0.1) is 0 Å².